The summed E-state index contributed by atoms with van der Waals surface area (Å²) in [5.74, 6) is 0. The molecule has 0 saturated heterocycles. The number of rotatable bonds is 4. The Kier molecular flexibility index (Phi) is 3.31. The van der Waals surface area contributed by atoms with Crippen molar-refractivity contribution in [1.29, 1.82) is 0 Å². The molecule has 1 rings (SSSR count). The zero-order valence-electron chi connectivity index (χ0n) is 7.58. The van der Waals surface area contributed by atoms with Crippen LogP contribution in [0.3, 0.4) is 0 Å². The first-order chi connectivity index (χ1) is 5.79. The summed E-state index contributed by atoms with van der Waals surface area (Å²) in [5, 5.41) is 8.97. The molecule has 0 radical (unpaired) electrons. The van der Waals surface area contributed by atoms with Gasteiger partial charge in [0, 0.05) is 25.0 Å². The molecule has 12 heavy (non-hydrogen) atoms. The second-order valence-electron chi connectivity index (χ2n) is 2.77. The van der Waals surface area contributed by atoms with Crippen molar-refractivity contribution in [3.8, 4) is 0 Å². The smallest absolute Gasteiger partial charge is 0.0832 e. The standard InChI is InChI=1S/C9H15NO2/c1-8-3-4-9(7-11)10(8)5-6-12-2/h3-4,11H,5-7H2,1-2H3. The monoisotopic (exact) mass is 169 g/mol. The molecule has 0 atom stereocenters. The van der Waals surface area contributed by atoms with Crippen LogP contribution < -0.4 is 0 Å². The molecule has 3 nitrogen and oxygen atoms in total. The van der Waals surface area contributed by atoms with Gasteiger partial charge in [-0.3, -0.25) is 0 Å². The lowest BCUT2D eigenvalue weighted by molar-refractivity contribution is 0.182. The highest BCUT2D eigenvalue weighted by molar-refractivity contribution is 5.14. The van der Waals surface area contributed by atoms with Gasteiger partial charge in [0.2, 0.25) is 0 Å². The van der Waals surface area contributed by atoms with Gasteiger partial charge in [0.05, 0.1) is 13.2 Å². The first-order valence-corrected chi connectivity index (χ1v) is 4.04. The molecule has 0 aromatic carbocycles. The third-order valence-electron chi connectivity index (χ3n) is 1.97. The fourth-order valence-corrected chi connectivity index (χ4v) is 1.26. The Morgan fingerprint density at radius 2 is 2.25 bits per heavy atom. The van der Waals surface area contributed by atoms with Gasteiger partial charge in [-0.05, 0) is 19.1 Å². The lowest BCUT2D eigenvalue weighted by Crippen LogP contribution is -2.09. The van der Waals surface area contributed by atoms with Crippen LogP contribution in [-0.2, 0) is 17.9 Å². The molecular weight excluding hydrogens is 154 g/mol. The molecule has 0 aliphatic rings. The van der Waals surface area contributed by atoms with Crippen molar-refractivity contribution in [1.82, 2.24) is 4.57 Å². The van der Waals surface area contributed by atoms with Gasteiger partial charge in [-0.15, -0.1) is 0 Å². The van der Waals surface area contributed by atoms with E-state index in [2.05, 4.69) is 4.57 Å². The first-order valence-electron chi connectivity index (χ1n) is 4.04. The molecule has 1 heterocycles. The van der Waals surface area contributed by atoms with E-state index in [1.807, 2.05) is 19.1 Å². The molecule has 0 fully saturated rings. The van der Waals surface area contributed by atoms with E-state index in [-0.39, 0.29) is 6.61 Å². The number of aliphatic hydroxyl groups is 1. The average Bonchev–Trinajstić information content (AvgIpc) is 2.43. The van der Waals surface area contributed by atoms with Crippen LogP contribution in [0, 0.1) is 6.92 Å². The lowest BCUT2D eigenvalue weighted by Gasteiger charge is -2.08. The minimum Gasteiger partial charge on any atom is -0.390 e. The summed E-state index contributed by atoms with van der Waals surface area (Å²) in [5.41, 5.74) is 2.11. The normalized spacial score (nSPS) is 10.6. The molecule has 1 aromatic heterocycles. The van der Waals surface area contributed by atoms with E-state index in [1.165, 1.54) is 0 Å². The van der Waals surface area contributed by atoms with Gasteiger partial charge in [-0.2, -0.15) is 0 Å². The summed E-state index contributed by atoms with van der Waals surface area (Å²) in [6.07, 6.45) is 0. The van der Waals surface area contributed by atoms with Gasteiger partial charge in [-0.25, -0.2) is 0 Å². The van der Waals surface area contributed by atoms with E-state index in [0.29, 0.717) is 6.61 Å². The predicted molar refractivity (Wildman–Crippen MR) is 47.0 cm³/mol. The van der Waals surface area contributed by atoms with Crippen LogP contribution in [0.2, 0.25) is 0 Å². The minimum atomic E-state index is 0.0948. The van der Waals surface area contributed by atoms with E-state index in [0.717, 1.165) is 17.9 Å². The Morgan fingerprint density at radius 3 is 2.83 bits per heavy atom. The van der Waals surface area contributed by atoms with Crippen molar-refractivity contribution < 1.29 is 9.84 Å². The van der Waals surface area contributed by atoms with Gasteiger partial charge in [0.15, 0.2) is 0 Å². The van der Waals surface area contributed by atoms with Crippen LogP contribution in [0.15, 0.2) is 12.1 Å². The van der Waals surface area contributed by atoms with Crippen LogP contribution in [0.25, 0.3) is 0 Å². The molecule has 68 valence electrons. The number of nitrogens with zero attached hydrogens (tertiary/aromatic N) is 1. The van der Waals surface area contributed by atoms with Gasteiger partial charge in [0.1, 0.15) is 0 Å². The maximum Gasteiger partial charge on any atom is 0.0832 e. The number of ether oxygens (including phenoxy) is 1. The summed E-state index contributed by atoms with van der Waals surface area (Å²) < 4.78 is 7.03. The summed E-state index contributed by atoms with van der Waals surface area (Å²) in [6, 6.07) is 3.94. The van der Waals surface area contributed by atoms with Crippen LogP contribution in [0.1, 0.15) is 11.4 Å². The highest BCUT2D eigenvalue weighted by Gasteiger charge is 2.02. The maximum atomic E-state index is 8.97. The first kappa shape index (κ1) is 9.29. The summed E-state index contributed by atoms with van der Waals surface area (Å²) in [4.78, 5) is 0. The highest BCUT2D eigenvalue weighted by Crippen LogP contribution is 2.07. The van der Waals surface area contributed by atoms with E-state index < -0.39 is 0 Å². The number of methoxy groups -OCH3 is 1. The molecular formula is C9H15NO2. The van der Waals surface area contributed by atoms with Crippen molar-refractivity contribution in [2.45, 2.75) is 20.1 Å². The van der Waals surface area contributed by atoms with E-state index in [1.54, 1.807) is 7.11 Å². The minimum absolute atomic E-state index is 0.0948. The third kappa shape index (κ3) is 1.87. The summed E-state index contributed by atoms with van der Waals surface area (Å²) in [7, 11) is 1.68. The molecule has 0 bridgehead atoms. The SMILES string of the molecule is COCCn1c(C)ccc1CO. The van der Waals surface area contributed by atoms with Crippen molar-refractivity contribution in [3.63, 3.8) is 0 Å². The molecule has 3 heteroatoms. The summed E-state index contributed by atoms with van der Waals surface area (Å²) in [6.45, 7) is 3.61. The van der Waals surface area contributed by atoms with Gasteiger partial charge in [-0.1, -0.05) is 0 Å². The third-order valence-corrected chi connectivity index (χ3v) is 1.97. The quantitative estimate of drug-likeness (QED) is 0.727. The largest absolute Gasteiger partial charge is 0.390 e. The van der Waals surface area contributed by atoms with Crippen molar-refractivity contribution in [3.05, 3.63) is 23.5 Å². The van der Waals surface area contributed by atoms with Crippen molar-refractivity contribution in [2.75, 3.05) is 13.7 Å². The second kappa shape index (κ2) is 4.28. The molecule has 0 spiro atoms. The fourth-order valence-electron chi connectivity index (χ4n) is 1.26. The molecule has 1 aromatic rings. The van der Waals surface area contributed by atoms with Gasteiger partial charge < -0.3 is 14.4 Å². The van der Waals surface area contributed by atoms with Crippen LogP contribution in [0.5, 0.6) is 0 Å². The average molecular weight is 169 g/mol. The second-order valence-corrected chi connectivity index (χ2v) is 2.77. The zero-order valence-corrected chi connectivity index (χ0v) is 7.58. The maximum absolute atomic E-state index is 8.97. The van der Waals surface area contributed by atoms with Crippen LogP contribution in [-0.4, -0.2) is 23.4 Å². The van der Waals surface area contributed by atoms with Crippen LogP contribution in [0.4, 0.5) is 0 Å². The summed E-state index contributed by atoms with van der Waals surface area (Å²) >= 11 is 0. The Bertz CT molecular complexity index is 243. The molecule has 0 aliphatic heterocycles. The van der Waals surface area contributed by atoms with Gasteiger partial charge in [0.25, 0.3) is 0 Å². The predicted octanol–water partition coefficient (Wildman–Crippen LogP) is 0.935. The van der Waals surface area contributed by atoms with E-state index in [9.17, 15) is 0 Å². The van der Waals surface area contributed by atoms with E-state index in [4.69, 9.17) is 9.84 Å². The number of aryl methyl sites for hydroxylation is 1. The zero-order chi connectivity index (χ0) is 8.97. The van der Waals surface area contributed by atoms with Crippen molar-refractivity contribution >= 4 is 0 Å². The molecule has 0 aliphatic carbocycles. The van der Waals surface area contributed by atoms with Gasteiger partial charge >= 0.3 is 0 Å². The Morgan fingerprint density at radius 1 is 1.50 bits per heavy atom. The number of aliphatic hydroxyl groups excluding tert-OH is 1. The fraction of sp³-hybridized carbons (Fsp3) is 0.556. The molecule has 1 N–H and O–H groups in total. The Hall–Kier alpha value is -0.800. The van der Waals surface area contributed by atoms with Crippen molar-refractivity contribution in [2.24, 2.45) is 0 Å². The lowest BCUT2D eigenvalue weighted by atomic mass is 10.4. The molecule has 0 amide bonds. The highest BCUT2D eigenvalue weighted by atomic mass is 16.5. The molecule has 0 unspecified atom stereocenters. The van der Waals surface area contributed by atoms with E-state index >= 15 is 0 Å². The number of hydrogen-bond donors (Lipinski definition) is 1. The topological polar surface area (TPSA) is 34.4 Å². The number of hydrogen-bond acceptors (Lipinski definition) is 2. The number of aromatic nitrogens is 1. The Labute approximate surface area is 72.6 Å². The van der Waals surface area contributed by atoms with Crippen LogP contribution >= 0.6 is 0 Å². The molecule has 0 saturated carbocycles. The Balaban J connectivity index is 2.72.